The molecule has 1 heterocycles. The van der Waals surface area contributed by atoms with Crippen LogP contribution in [-0.4, -0.2) is 61.0 Å². The molecule has 36 heavy (non-hydrogen) atoms. The lowest BCUT2D eigenvalue weighted by atomic mass is 9.53. The second-order valence-electron chi connectivity index (χ2n) is 9.52. The van der Waals surface area contributed by atoms with Crippen LogP contribution in [0.5, 0.6) is 0 Å². The summed E-state index contributed by atoms with van der Waals surface area (Å²) >= 11 is 6.23. The molecule has 2 bridgehead atoms. The number of sulfone groups is 1. The van der Waals surface area contributed by atoms with E-state index in [4.69, 9.17) is 16.3 Å². The zero-order valence-electron chi connectivity index (χ0n) is 18.9. The van der Waals surface area contributed by atoms with Gasteiger partial charge in [0.1, 0.15) is 6.61 Å². The Morgan fingerprint density at radius 3 is 2.50 bits per heavy atom. The molecule has 2 aromatic rings. The summed E-state index contributed by atoms with van der Waals surface area (Å²) in [6.45, 7) is 0.755. The Morgan fingerprint density at radius 2 is 1.86 bits per heavy atom. The SMILES string of the molecule is O=C(Nc1ccc(F)c(F)c1)c1ccc(Cl)c(S(=O)(=O)[C@H]2CC3CC(C2)[C@]3(O)CN2CCOC2=O)c1. The fourth-order valence-corrected chi connectivity index (χ4v) is 7.86. The third-order valence-electron chi connectivity index (χ3n) is 7.48. The van der Waals surface area contributed by atoms with E-state index in [1.807, 2.05) is 0 Å². The van der Waals surface area contributed by atoms with Crippen LogP contribution < -0.4 is 5.32 Å². The zero-order valence-corrected chi connectivity index (χ0v) is 20.5. The molecule has 2 amide bonds. The maximum atomic E-state index is 13.5. The number of ether oxygens (including phenoxy) is 1. The van der Waals surface area contributed by atoms with E-state index in [-0.39, 0.29) is 59.0 Å². The number of halogens is 3. The third-order valence-corrected chi connectivity index (χ3v) is 10.1. The molecule has 12 heteroatoms. The minimum absolute atomic E-state index is 0.00629. The largest absolute Gasteiger partial charge is 0.448 e. The summed E-state index contributed by atoms with van der Waals surface area (Å²) in [6.07, 6.45) is 0.568. The molecule has 1 saturated heterocycles. The molecular weight excluding hydrogens is 518 g/mol. The molecule has 4 aliphatic rings. The van der Waals surface area contributed by atoms with Gasteiger partial charge in [-0.2, -0.15) is 0 Å². The Hall–Kier alpha value is -2.76. The van der Waals surface area contributed by atoms with Crippen molar-refractivity contribution in [2.75, 3.05) is 25.0 Å². The molecule has 2 atom stereocenters. The average Bonchev–Trinajstić information content (AvgIpc) is 3.25. The highest BCUT2D eigenvalue weighted by molar-refractivity contribution is 7.92. The van der Waals surface area contributed by atoms with Gasteiger partial charge in [-0.3, -0.25) is 4.79 Å². The summed E-state index contributed by atoms with van der Waals surface area (Å²) in [4.78, 5) is 25.7. The minimum atomic E-state index is -3.96. The standard InChI is InChI=1S/C24H23ClF2N2O6S/c25-18-3-1-13(22(30)28-16-2-4-19(26)20(27)11-16)7-21(18)36(33,34)17-9-14-8-15(10-17)24(14,32)12-29-5-6-35-23(29)31/h1-4,7,11,14-15,17,32H,5-6,8-10,12H2,(H,28,30)/t14?,15?,17-,24-. The van der Waals surface area contributed by atoms with E-state index < -0.39 is 44.3 Å². The summed E-state index contributed by atoms with van der Waals surface area (Å²) in [7, 11) is -3.96. The Bertz CT molecular complexity index is 1340. The first-order valence-electron chi connectivity index (χ1n) is 11.4. The van der Waals surface area contributed by atoms with Crippen LogP contribution in [0.15, 0.2) is 41.3 Å². The topological polar surface area (TPSA) is 113 Å². The van der Waals surface area contributed by atoms with Crippen LogP contribution in [0.2, 0.25) is 5.02 Å². The molecule has 3 saturated carbocycles. The number of β-amino-alcohol motifs (C(OH)–C–C–N with tert-alkyl or cyclic N) is 1. The highest BCUT2D eigenvalue weighted by Gasteiger charge is 2.61. The van der Waals surface area contributed by atoms with E-state index in [1.165, 1.54) is 29.2 Å². The quantitative estimate of drug-likeness (QED) is 0.578. The van der Waals surface area contributed by atoms with Crippen LogP contribution >= 0.6 is 11.6 Å². The van der Waals surface area contributed by atoms with Gasteiger partial charge in [0.05, 0.1) is 33.9 Å². The fraction of sp³-hybridized carbons (Fsp3) is 0.417. The highest BCUT2D eigenvalue weighted by atomic mass is 35.5. The Morgan fingerprint density at radius 1 is 1.14 bits per heavy atom. The number of carbonyl (C=O) groups excluding carboxylic acids is 2. The van der Waals surface area contributed by atoms with Crippen LogP contribution in [0.4, 0.5) is 19.3 Å². The number of cyclic esters (lactones) is 1. The lowest BCUT2D eigenvalue weighted by Gasteiger charge is -2.59. The number of amides is 2. The summed E-state index contributed by atoms with van der Waals surface area (Å²) in [5.74, 6) is -3.52. The normalized spacial score (nSPS) is 27.4. The minimum Gasteiger partial charge on any atom is -0.448 e. The van der Waals surface area contributed by atoms with Gasteiger partial charge in [0, 0.05) is 17.3 Å². The number of hydrogen-bond acceptors (Lipinski definition) is 6. The van der Waals surface area contributed by atoms with Crippen molar-refractivity contribution in [2.45, 2.75) is 35.0 Å². The molecule has 8 nitrogen and oxygen atoms in total. The summed E-state index contributed by atoms with van der Waals surface area (Å²) < 4.78 is 58.6. The number of nitrogens with one attached hydrogen (secondary N) is 1. The Kier molecular flexibility index (Phi) is 6.20. The number of fused-ring (bicyclic) bond motifs is 2. The number of carbonyl (C=O) groups is 2. The van der Waals surface area contributed by atoms with Crippen molar-refractivity contribution in [2.24, 2.45) is 11.8 Å². The zero-order chi connectivity index (χ0) is 25.8. The van der Waals surface area contributed by atoms with E-state index in [2.05, 4.69) is 5.32 Å². The smallest absolute Gasteiger partial charge is 0.410 e. The number of hydrogen-bond donors (Lipinski definition) is 2. The molecule has 2 aromatic carbocycles. The molecule has 3 aliphatic carbocycles. The van der Waals surface area contributed by atoms with Crippen LogP contribution in [-0.2, 0) is 14.6 Å². The number of anilines is 1. The molecule has 1 aliphatic heterocycles. The first-order valence-corrected chi connectivity index (χ1v) is 13.4. The monoisotopic (exact) mass is 540 g/mol. The third kappa shape index (κ3) is 4.22. The Balaban J connectivity index is 1.33. The van der Waals surface area contributed by atoms with Gasteiger partial charge in [0.2, 0.25) is 0 Å². The van der Waals surface area contributed by atoms with Crippen LogP contribution in [0.1, 0.15) is 29.6 Å². The van der Waals surface area contributed by atoms with Crippen LogP contribution in [0.3, 0.4) is 0 Å². The lowest BCUT2D eigenvalue weighted by Crippen LogP contribution is -2.66. The van der Waals surface area contributed by atoms with E-state index in [0.717, 1.165) is 12.1 Å². The van der Waals surface area contributed by atoms with E-state index in [9.17, 15) is 31.9 Å². The van der Waals surface area contributed by atoms with Gasteiger partial charge in [-0.25, -0.2) is 22.0 Å². The number of aliphatic hydroxyl groups is 1. The van der Waals surface area contributed by atoms with Gasteiger partial charge >= 0.3 is 6.09 Å². The molecule has 0 spiro atoms. The second kappa shape index (κ2) is 8.97. The summed E-state index contributed by atoms with van der Waals surface area (Å²) in [5, 5.41) is 12.7. The van der Waals surface area contributed by atoms with Gasteiger partial charge in [-0.15, -0.1) is 0 Å². The maximum Gasteiger partial charge on any atom is 0.410 e. The van der Waals surface area contributed by atoms with Crippen LogP contribution in [0.25, 0.3) is 0 Å². The van der Waals surface area contributed by atoms with Crippen molar-refractivity contribution < 1.29 is 36.6 Å². The molecule has 4 fully saturated rings. The van der Waals surface area contributed by atoms with Gasteiger partial charge in [0.15, 0.2) is 21.5 Å². The highest BCUT2D eigenvalue weighted by Crippen LogP contribution is 2.56. The first-order chi connectivity index (χ1) is 17.0. The number of benzene rings is 2. The lowest BCUT2D eigenvalue weighted by molar-refractivity contribution is -0.182. The first kappa shape index (κ1) is 24.9. The summed E-state index contributed by atoms with van der Waals surface area (Å²) in [5.41, 5.74) is -1.18. The van der Waals surface area contributed by atoms with E-state index in [1.54, 1.807) is 0 Å². The van der Waals surface area contributed by atoms with Crippen molar-refractivity contribution >= 4 is 39.1 Å². The molecule has 6 rings (SSSR count). The molecule has 192 valence electrons. The Labute approximate surface area is 211 Å². The van der Waals surface area contributed by atoms with Crippen molar-refractivity contribution in [1.82, 2.24) is 4.90 Å². The van der Waals surface area contributed by atoms with Crippen molar-refractivity contribution in [1.29, 1.82) is 0 Å². The molecule has 2 N–H and O–H groups in total. The predicted octanol–water partition coefficient (Wildman–Crippen LogP) is 3.63. The predicted molar refractivity (Wildman–Crippen MR) is 125 cm³/mol. The number of rotatable bonds is 6. The maximum absolute atomic E-state index is 13.5. The molecule has 0 aromatic heterocycles. The van der Waals surface area contributed by atoms with Gasteiger partial charge in [-0.1, -0.05) is 11.6 Å². The number of nitrogens with zero attached hydrogens (tertiary/aromatic N) is 1. The van der Waals surface area contributed by atoms with Crippen molar-refractivity contribution in [3.05, 3.63) is 58.6 Å². The van der Waals surface area contributed by atoms with Gasteiger partial charge < -0.3 is 20.1 Å². The van der Waals surface area contributed by atoms with Gasteiger partial charge in [0.25, 0.3) is 5.91 Å². The summed E-state index contributed by atoms with van der Waals surface area (Å²) in [6, 6.07) is 6.67. The second-order valence-corrected chi connectivity index (χ2v) is 12.1. The fourth-order valence-electron chi connectivity index (χ4n) is 5.46. The van der Waals surface area contributed by atoms with E-state index >= 15 is 0 Å². The molecular formula is C24H23ClF2N2O6S. The van der Waals surface area contributed by atoms with Crippen molar-refractivity contribution in [3.63, 3.8) is 0 Å². The molecule has 0 radical (unpaired) electrons. The average molecular weight is 541 g/mol. The molecule has 2 unspecified atom stereocenters. The van der Waals surface area contributed by atoms with Crippen molar-refractivity contribution in [3.8, 4) is 0 Å². The van der Waals surface area contributed by atoms with E-state index in [0.29, 0.717) is 13.0 Å². The van der Waals surface area contributed by atoms with Crippen LogP contribution in [0, 0.1) is 23.5 Å². The van der Waals surface area contributed by atoms with Gasteiger partial charge in [-0.05, 0) is 61.4 Å².